The van der Waals surface area contributed by atoms with Gasteiger partial charge in [-0.2, -0.15) is 0 Å². The summed E-state index contributed by atoms with van der Waals surface area (Å²) in [5, 5.41) is 2.74. The molecule has 1 amide bonds. The number of hydrogen-bond donors (Lipinski definition) is 1. The third-order valence-corrected chi connectivity index (χ3v) is 6.24. The third-order valence-electron chi connectivity index (χ3n) is 6.24. The Kier molecular flexibility index (Phi) is 14.8. The summed E-state index contributed by atoms with van der Waals surface area (Å²) >= 11 is 0. The highest BCUT2D eigenvalue weighted by Crippen LogP contribution is 2.44. The second-order valence-electron chi connectivity index (χ2n) is 9.02. The van der Waals surface area contributed by atoms with Crippen molar-refractivity contribution in [2.45, 2.75) is 32.1 Å². The molecule has 0 aromatic heterocycles. The Balaban J connectivity index is 1.10. The number of carbonyl (C=O) groups excluding carboxylic acids is 1. The number of nitrogens with one attached hydrogen (secondary N) is 1. The topological polar surface area (TPSA) is 84.5 Å². The van der Waals surface area contributed by atoms with Crippen molar-refractivity contribution in [1.29, 1.82) is 0 Å². The first-order valence-corrected chi connectivity index (χ1v) is 13.8. The first-order chi connectivity index (χ1) is 18.8. The molecule has 0 radical (unpaired) electrons. The molecule has 0 bridgehead atoms. The fourth-order valence-corrected chi connectivity index (χ4v) is 4.31. The largest absolute Gasteiger partial charge is 0.449 e. The molecule has 210 valence electrons. The lowest BCUT2D eigenvalue weighted by molar-refractivity contribution is -0.0110. The Morgan fingerprint density at radius 2 is 1.13 bits per heavy atom. The highest BCUT2D eigenvalue weighted by atomic mass is 16.6. The van der Waals surface area contributed by atoms with Gasteiger partial charge in [0.25, 0.3) is 0 Å². The number of alkyl carbamates (subject to hydrolysis) is 1. The molecule has 8 nitrogen and oxygen atoms in total. The molecule has 0 heterocycles. The number of rotatable bonds is 21. The first kappa shape index (κ1) is 30.1. The summed E-state index contributed by atoms with van der Waals surface area (Å²) in [7, 11) is 0. The molecule has 0 unspecified atom stereocenters. The predicted molar refractivity (Wildman–Crippen MR) is 147 cm³/mol. The minimum Gasteiger partial charge on any atom is -0.449 e. The van der Waals surface area contributed by atoms with Crippen molar-refractivity contribution in [2.24, 2.45) is 0 Å². The van der Waals surface area contributed by atoms with Crippen LogP contribution >= 0.6 is 0 Å². The van der Waals surface area contributed by atoms with E-state index in [0.29, 0.717) is 72.6 Å². The van der Waals surface area contributed by atoms with Gasteiger partial charge in [-0.3, -0.25) is 0 Å². The fourth-order valence-electron chi connectivity index (χ4n) is 4.31. The van der Waals surface area contributed by atoms with E-state index in [4.69, 9.17) is 28.4 Å². The lowest BCUT2D eigenvalue weighted by atomic mass is 9.98. The van der Waals surface area contributed by atoms with E-state index < -0.39 is 6.09 Å². The molecule has 0 saturated carbocycles. The van der Waals surface area contributed by atoms with Crippen molar-refractivity contribution in [3.63, 3.8) is 0 Å². The summed E-state index contributed by atoms with van der Waals surface area (Å²) in [6.45, 7) is 8.33. The Hall–Kier alpha value is -2.49. The Labute approximate surface area is 226 Å². The van der Waals surface area contributed by atoms with Crippen LogP contribution in [0.2, 0.25) is 0 Å². The van der Waals surface area contributed by atoms with Crippen LogP contribution in [0.5, 0.6) is 0 Å². The zero-order chi connectivity index (χ0) is 26.7. The summed E-state index contributed by atoms with van der Waals surface area (Å²) in [4.78, 5) is 12.2. The molecule has 1 aliphatic rings. The number of fused-ring (bicyclic) bond motifs is 3. The standard InChI is InChI=1S/C30H43NO7/c1-2-3-8-14-33-16-18-35-20-22-37-23-21-36-19-17-34-15-13-31-30(32)38-24-29-27-11-6-4-9-25(27)26-10-5-7-12-28(26)29/h4-7,9-12,29H,2-3,8,13-24H2,1H3,(H,31,32). The van der Waals surface area contributed by atoms with E-state index in [1.165, 1.54) is 35.1 Å². The maximum atomic E-state index is 12.2. The normalized spacial score (nSPS) is 12.3. The zero-order valence-corrected chi connectivity index (χ0v) is 22.7. The molecule has 1 aliphatic carbocycles. The maximum Gasteiger partial charge on any atom is 0.407 e. The summed E-state index contributed by atoms with van der Waals surface area (Å²) in [6.07, 6.45) is 3.09. The Morgan fingerprint density at radius 3 is 1.66 bits per heavy atom. The minimum atomic E-state index is -0.438. The molecule has 1 N–H and O–H groups in total. The van der Waals surface area contributed by atoms with E-state index in [1.807, 2.05) is 24.3 Å². The zero-order valence-electron chi connectivity index (χ0n) is 22.7. The van der Waals surface area contributed by atoms with Crippen molar-refractivity contribution in [2.75, 3.05) is 79.2 Å². The predicted octanol–water partition coefficient (Wildman–Crippen LogP) is 4.80. The Morgan fingerprint density at radius 1 is 0.658 bits per heavy atom. The van der Waals surface area contributed by atoms with E-state index >= 15 is 0 Å². The quantitative estimate of drug-likeness (QED) is 0.233. The number of amides is 1. The van der Waals surface area contributed by atoms with Gasteiger partial charge in [0.05, 0.1) is 59.5 Å². The molecular weight excluding hydrogens is 486 g/mol. The highest BCUT2D eigenvalue weighted by molar-refractivity contribution is 5.79. The summed E-state index contributed by atoms with van der Waals surface area (Å²) in [5.74, 6) is 0.0535. The van der Waals surface area contributed by atoms with Gasteiger partial charge in [0.15, 0.2) is 0 Å². The summed E-state index contributed by atoms with van der Waals surface area (Å²) in [6, 6.07) is 16.6. The van der Waals surface area contributed by atoms with E-state index in [0.717, 1.165) is 13.0 Å². The van der Waals surface area contributed by atoms with Gasteiger partial charge in [-0.05, 0) is 28.7 Å². The van der Waals surface area contributed by atoms with Crippen LogP contribution in [-0.2, 0) is 28.4 Å². The van der Waals surface area contributed by atoms with Crippen molar-refractivity contribution in [3.8, 4) is 11.1 Å². The van der Waals surface area contributed by atoms with Crippen LogP contribution in [0.4, 0.5) is 4.79 Å². The van der Waals surface area contributed by atoms with Crippen LogP contribution in [0.1, 0.15) is 43.2 Å². The van der Waals surface area contributed by atoms with Crippen molar-refractivity contribution >= 4 is 6.09 Å². The van der Waals surface area contributed by atoms with Gasteiger partial charge in [-0.1, -0.05) is 68.3 Å². The molecule has 3 rings (SSSR count). The van der Waals surface area contributed by atoms with Crippen LogP contribution in [0, 0.1) is 0 Å². The van der Waals surface area contributed by atoms with Crippen LogP contribution in [0.3, 0.4) is 0 Å². The van der Waals surface area contributed by atoms with Crippen molar-refractivity contribution in [1.82, 2.24) is 5.32 Å². The Bertz CT molecular complexity index is 877. The number of unbranched alkanes of at least 4 members (excludes halogenated alkanes) is 2. The van der Waals surface area contributed by atoms with E-state index in [9.17, 15) is 4.79 Å². The van der Waals surface area contributed by atoms with E-state index in [1.54, 1.807) is 0 Å². The van der Waals surface area contributed by atoms with E-state index in [-0.39, 0.29) is 5.92 Å². The average Bonchev–Trinajstić information content (AvgIpc) is 3.27. The van der Waals surface area contributed by atoms with Crippen LogP contribution in [-0.4, -0.2) is 85.3 Å². The SMILES string of the molecule is CCCCCOCCOCCOCCOCCOCCNC(=O)OCC1c2ccccc2-c2ccccc21. The van der Waals surface area contributed by atoms with Crippen molar-refractivity contribution in [3.05, 3.63) is 59.7 Å². The monoisotopic (exact) mass is 529 g/mol. The van der Waals surface area contributed by atoms with Gasteiger partial charge in [0.2, 0.25) is 0 Å². The van der Waals surface area contributed by atoms with Gasteiger partial charge >= 0.3 is 6.09 Å². The summed E-state index contributed by atoms with van der Waals surface area (Å²) < 4.78 is 32.9. The van der Waals surface area contributed by atoms with Gasteiger partial charge < -0.3 is 33.7 Å². The van der Waals surface area contributed by atoms with Gasteiger partial charge in [0.1, 0.15) is 6.61 Å². The highest BCUT2D eigenvalue weighted by Gasteiger charge is 2.28. The van der Waals surface area contributed by atoms with Crippen molar-refractivity contribution < 1.29 is 33.2 Å². The molecule has 38 heavy (non-hydrogen) atoms. The van der Waals surface area contributed by atoms with E-state index in [2.05, 4.69) is 36.5 Å². The van der Waals surface area contributed by atoms with Crippen LogP contribution in [0.25, 0.3) is 11.1 Å². The molecule has 8 heteroatoms. The first-order valence-electron chi connectivity index (χ1n) is 13.8. The van der Waals surface area contributed by atoms with Gasteiger partial charge in [-0.15, -0.1) is 0 Å². The third kappa shape index (κ3) is 10.7. The van der Waals surface area contributed by atoms with Gasteiger partial charge in [-0.25, -0.2) is 4.79 Å². The second kappa shape index (κ2) is 18.7. The molecule has 0 spiro atoms. The molecule has 2 aromatic carbocycles. The maximum absolute atomic E-state index is 12.2. The molecule has 0 atom stereocenters. The average molecular weight is 530 g/mol. The number of benzene rings is 2. The molecule has 0 fully saturated rings. The number of hydrogen-bond acceptors (Lipinski definition) is 7. The number of ether oxygens (including phenoxy) is 6. The lowest BCUT2D eigenvalue weighted by Gasteiger charge is -2.14. The minimum absolute atomic E-state index is 0.0535. The van der Waals surface area contributed by atoms with Gasteiger partial charge in [0, 0.05) is 19.1 Å². The summed E-state index contributed by atoms with van der Waals surface area (Å²) in [5.41, 5.74) is 4.81. The molecular formula is C30H43NO7. The fraction of sp³-hybridized carbons (Fsp3) is 0.567. The molecule has 0 aliphatic heterocycles. The smallest absolute Gasteiger partial charge is 0.407 e. The van der Waals surface area contributed by atoms with Crippen LogP contribution in [0.15, 0.2) is 48.5 Å². The lowest BCUT2D eigenvalue weighted by Crippen LogP contribution is -2.29. The molecule has 2 aromatic rings. The second-order valence-corrected chi connectivity index (χ2v) is 9.02. The molecule has 0 saturated heterocycles. The number of carbonyl (C=O) groups is 1. The van der Waals surface area contributed by atoms with Crippen LogP contribution < -0.4 is 5.32 Å².